The van der Waals surface area contributed by atoms with Gasteiger partial charge in [0.2, 0.25) is 5.88 Å². The van der Waals surface area contributed by atoms with E-state index in [1.165, 1.54) is 6.20 Å². The van der Waals surface area contributed by atoms with E-state index in [0.29, 0.717) is 10.8 Å². The van der Waals surface area contributed by atoms with Crippen LogP contribution in [0.4, 0.5) is 4.79 Å². The zero-order valence-electron chi connectivity index (χ0n) is 19.3. The van der Waals surface area contributed by atoms with E-state index in [4.69, 9.17) is 21.1 Å². The minimum absolute atomic E-state index is 0.0131. The molecule has 2 aromatic rings. The number of aromatic nitrogens is 1. The monoisotopic (exact) mass is 491 g/mol. The van der Waals surface area contributed by atoms with Gasteiger partial charge in [0.05, 0.1) is 5.02 Å². The number of hydrogen-bond donors (Lipinski definition) is 2. The largest absolute Gasteiger partial charge is 0.444 e. The molecule has 178 valence electrons. The topological polar surface area (TPSA) is 89.5 Å². The molecule has 0 spiro atoms. The number of ether oxygens (including phenoxy) is 2. The quantitative estimate of drug-likeness (QED) is 0.495. The Morgan fingerprint density at radius 3 is 2.39 bits per heavy atom. The minimum atomic E-state index is -0.531. The van der Waals surface area contributed by atoms with Crippen molar-refractivity contribution < 1.29 is 19.1 Å². The predicted octanol–water partition coefficient (Wildman–Crippen LogP) is 5.81. The molecule has 0 aliphatic heterocycles. The molecule has 0 unspecified atom stereocenters. The van der Waals surface area contributed by atoms with Gasteiger partial charge in [0.15, 0.2) is 0 Å². The standard InChI is InChI=1S/C24H30ClN3O4S/c1-24(2,3)32-23(30)28-17-10-8-16(9-11-17)27-21(29)20-12-15(25)14-26-22(20)31-18-6-5-7-19(13-18)33-4/h5-7,12-14,16-17H,8-11H2,1-4H3,(H,27,29)(H,28,30). The average Bonchev–Trinajstić information content (AvgIpc) is 2.75. The molecular formula is C24H30ClN3O4S. The maximum atomic E-state index is 13.0. The molecule has 0 atom stereocenters. The van der Waals surface area contributed by atoms with Gasteiger partial charge in [0.1, 0.15) is 16.9 Å². The van der Waals surface area contributed by atoms with Gasteiger partial charge in [-0.2, -0.15) is 0 Å². The number of carbonyl (C=O) groups is 2. The number of rotatable bonds is 6. The van der Waals surface area contributed by atoms with Crippen LogP contribution in [-0.4, -0.2) is 40.9 Å². The zero-order valence-corrected chi connectivity index (χ0v) is 20.9. The lowest BCUT2D eigenvalue weighted by atomic mass is 9.91. The molecule has 9 heteroatoms. The van der Waals surface area contributed by atoms with E-state index in [1.54, 1.807) is 17.8 Å². The van der Waals surface area contributed by atoms with Crippen LogP contribution in [0.3, 0.4) is 0 Å². The fourth-order valence-corrected chi connectivity index (χ4v) is 4.17. The van der Waals surface area contributed by atoms with Crippen LogP contribution >= 0.6 is 23.4 Å². The number of benzene rings is 1. The third-order valence-electron chi connectivity index (χ3n) is 5.10. The Bertz CT molecular complexity index is 988. The van der Waals surface area contributed by atoms with Crippen molar-refractivity contribution in [2.45, 2.75) is 69.0 Å². The van der Waals surface area contributed by atoms with Gasteiger partial charge in [-0.1, -0.05) is 17.7 Å². The first-order valence-electron chi connectivity index (χ1n) is 10.9. The summed E-state index contributed by atoms with van der Waals surface area (Å²) in [4.78, 5) is 30.3. The Balaban J connectivity index is 1.59. The fourth-order valence-electron chi connectivity index (χ4n) is 3.57. The van der Waals surface area contributed by atoms with E-state index < -0.39 is 11.7 Å². The smallest absolute Gasteiger partial charge is 0.407 e. The summed E-state index contributed by atoms with van der Waals surface area (Å²) in [7, 11) is 0. The third-order valence-corrected chi connectivity index (χ3v) is 6.03. The van der Waals surface area contributed by atoms with E-state index in [0.717, 1.165) is 30.6 Å². The normalized spacial score (nSPS) is 18.3. The Hall–Kier alpha value is -2.45. The second-order valence-corrected chi connectivity index (χ2v) is 10.3. The SMILES string of the molecule is CSc1cccc(Oc2ncc(Cl)cc2C(=O)NC2CCC(NC(=O)OC(C)(C)C)CC2)c1. The highest BCUT2D eigenvalue weighted by Gasteiger charge is 2.27. The lowest BCUT2D eigenvalue weighted by Gasteiger charge is -2.30. The number of halogens is 1. The molecule has 1 fully saturated rings. The van der Waals surface area contributed by atoms with Crippen molar-refractivity contribution >= 4 is 35.4 Å². The first kappa shape index (κ1) is 25.2. The number of amides is 2. The van der Waals surface area contributed by atoms with Crippen LogP contribution in [0.2, 0.25) is 5.02 Å². The van der Waals surface area contributed by atoms with Crippen molar-refractivity contribution in [3.8, 4) is 11.6 Å². The molecule has 2 N–H and O–H groups in total. The Kier molecular flexibility index (Phi) is 8.48. The summed E-state index contributed by atoms with van der Waals surface area (Å²) in [5.74, 6) is 0.513. The molecule has 1 aliphatic rings. The van der Waals surface area contributed by atoms with Crippen molar-refractivity contribution in [3.63, 3.8) is 0 Å². The summed E-state index contributed by atoms with van der Waals surface area (Å²) >= 11 is 7.72. The van der Waals surface area contributed by atoms with E-state index in [2.05, 4.69) is 15.6 Å². The van der Waals surface area contributed by atoms with Gasteiger partial charge in [-0.3, -0.25) is 4.79 Å². The molecule has 2 amide bonds. The van der Waals surface area contributed by atoms with Gasteiger partial charge in [-0.05, 0) is 77.0 Å². The molecule has 7 nitrogen and oxygen atoms in total. The van der Waals surface area contributed by atoms with Crippen molar-refractivity contribution in [1.82, 2.24) is 15.6 Å². The van der Waals surface area contributed by atoms with Crippen LogP contribution in [0.15, 0.2) is 41.4 Å². The van der Waals surface area contributed by atoms with Gasteiger partial charge in [-0.25, -0.2) is 9.78 Å². The van der Waals surface area contributed by atoms with E-state index in [9.17, 15) is 9.59 Å². The van der Waals surface area contributed by atoms with E-state index in [-0.39, 0.29) is 29.4 Å². The van der Waals surface area contributed by atoms with Gasteiger partial charge < -0.3 is 20.1 Å². The zero-order chi connectivity index (χ0) is 24.0. The highest BCUT2D eigenvalue weighted by atomic mass is 35.5. The van der Waals surface area contributed by atoms with Crippen LogP contribution in [0.1, 0.15) is 56.8 Å². The lowest BCUT2D eigenvalue weighted by molar-refractivity contribution is 0.0488. The summed E-state index contributed by atoms with van der Waals surface area (Å²) in [5, 5.41) is 6.33. The number of carbonyl (C=O) groups excluding carboxylic acids is 2. The molecule has 1 heterocycles. The molecule has 3 rings (SSSR count). The summed E-state index contributed by atoms with van der Waals surface area (Å²) in [6, 6.07) is 9.16. The highest BCUT2D eigenvalue weighted by Crippen LogP contribution is 2.29. The van der Waals surface area contributed by atoms with Crippen molar-refractivity contribution in [1.29, 1.82) is 0 Å². The van der Waals surface area contributed by atoms with E-state index in [1.807, 2.05) is 51.3 Å². The van der Waals surface area contributed by atoms with Crippen LogP contribution in [0.25, 0.3) is 0 Å². The van der Waals surface area contributed by atoms with Crippen LogP contribution in [0.5, 0.6) is 11.6 Å². The second kappa shape index (κ2) is 11.1. The minimum Gasteiger partial charge on any atom is -0.444 e. The highest BCUT2D eigenvalue weighted by molar-refractivity contribution is 7.98. The number of thioether (sulfide) groups is 1. The third kappa shape index (κ3) is 7.82. The van der Waals surface area contributed by atoms with Crippen LogP contribution < -0.4 is 15.4 Å². The van der Waals surface area contributed by atoms with Crippen LogP contribution in [-0.2, 0) is 4.74 Å². The number of alkyl carbamates (subject to hydrolysis) is 1. The Labute approximate surface area is 204 Å². The summed E-state index contributed by atoms with van der Waals surface area (Å²) in [5.41, 5.74) is -0.248. The number of hydrogen-bond acceptors (Lipinski definition) is 6. The van der Waals surface area contributed by atoms with Crippen molar-refractivity contribution in [2.24, 2.45) is 0 Å². The van der Waals surface area contributed by atoms with Crippen LogP contribution in [0, 0.1) is 0 Å². The first-order chi connectivity index (χ1) is 15.6. The van der Waals surface area contributed by atoms with Gasteiger partial charge in [0.25, 0.3) is 5.91 Å². The molecule has 0 saturated heterocycles. The number of pyridine rings is 1. The van der Waals surface area contributed by atoms with E-state index >= 15 is 0 Å². The summed E-state index contributed by atoms with van der Waals surface area (Å²) < 4.78 is 11.2. The second-order valence-electron chi connectivity index (χ2n) is 8.96. The van der Waals surface area contributed by atoms with Crippen molar-refractivity contribution in [2.75, 3.05) is 6.26 Å². The maximum absolute atomic E-state index is 13.0. The average molecular weight is 492 g/mol. The molecular weight excluding hydrogens is 462 g/mol. The molecule has 33 heavy (non-hydrogen) atoms. The van der Waals surface area contributed by atoms with Crippen molar-refractivity contribution in [3.05, 3.63) is 47.1 Å². The number of nitrogens with one attached hydrogen (secondary N) is 2. The molecule has 0 bridgehead atoms. The fraction of sp³-hybridized carbons (Fsp3) is 0.458. The molecule has 1 aromatic carbocycles. The predicted molar refractivity (Wildman–Crippen MR) is 130 cm³/mol. The number of nitrogens with zero attached hydrogens (tertiary/aromatic N) is 1. The first-order valence-corrected chi connectivity index (χ1v) is 12.5. The summed E-state index contributed by atoms with van der Waals surface area (Å²) in [6.07, 6.45) is 6.02. The van der Waals surface area contributed by atoms with Gasteiger partial charge in [-0.15, -0.1) is 11.8 Å². The Morgan fingerprint density at radius 1 is 1.09 bits per heavy atom. The molecule has 1 aliphatic carbocycles. The Morgan fingerprint density at radius 2 is 1.76 bits per heavy atom. The molecule has 1 aromatic heterocycles. The maximum Gasteiger partial charge on any atom is 0.407 e. The van der Waals surface area contributed by atoms with Gasteiger partial charge >= 0.3 is 6.09 Å². The lowest BCUT2D eigenvalue weighted by Crippen LogP contribution is -2.45. The molecule has 1 saturated carbocycles. The summed E-state index contributed by atoms with van der Waals surface area (Å²) in [6.45, 7) is 5.50. The van der Waals surface area contributed by atoms with Gasteiger partial charge in [0, 0.05) is 23.2 Å². The molecule has 0 radical (unpaired) electrons.